The molecule has 1 aromatic heterocycles. The van der Waals surface area contributed by atoms with Crippen molar-refractivity contribution in [2.24, 2.45) is 0 Å². The molecule has 0 aliphatic carbocycles. The first-order valence-electron chi connectivity index (χ1n) is 8.11. The molecule has 3 rings (SSSR count). The summed E-state index contributed by atoms with van der Waals surface area (Å²) >= 11 is 0.802. The Hall–Kier alpha value is -2.62. The number of anilines is 1. The quantitative estimate of drug-likeness (QED) is 0.618. The second-order valence-electron chi connectivity index (χ2n) is 5.95. The van der Waals surface area contributed by atoms with Crippen LogP contribution in [-0.4, -0.2) is 24.5 Å². The number of aryl methyl sites for hydroxylation is 2. The summed E-state index contributed by atoms with van der Waals surface area (Å²) in [5, 5.41) is 10.2. The lowest BCUT2D eigenvalue weighted by Crippen LogP contribution is -2.23. The van der Waals surface area contributed by atoms with Gasteiger partial charge in [-0.1, -0.05) is 59.4 Å². The van der Waals surface area contributed by atoms with E-state index < -0.39 is 10.0 Å². The van der Waals surface area contributed by atoms with Crippen LogP contribution in [0.3, 0.4) is 0 Å². The Morgan fingerprint density at radius 3 is 2.44 bits per heavy atom. The molecule has 7 nitrogen and oxygen atoms in total. The first-order chi connectivity index (χ1) is 12.8. The van der Waals surface area contributed by atoms with Crippen molar-refractivity contribution >= 4 is 32.4 Å². The third-order valence-electron chi connectivity index (χ3n) is 3.83. The van der Waals surface area contributed by atoms with E-state index in [0.29, 0.717) is 5.56 Å². The van der Waals surface area contributed by atoms with Crippen LogP contribution in [-0.2, 0) is 16.6 Å². The van der Waals surface area contributed by atoms with Gasteiger partial charge in [0.15, 0.2) is 0 Å². The molecule has 0 atom stereocenters. The maximum absolute atomic E-state index is 12.4. The zero-order chi connectivity index (χ0) is 19.4. The van der Waals surface area contributed by atoms with Gasteiger partial charge < -0.3 is 0 Å². The van der Waals surface area contributed by atoms with Gasteiger partial charge >= 0.3 is 0 Å². The number of nitrogens with one attached hydrogen (secondary N) is 2. The van der Waals surface area contributed by atoms with Gasteiger partial charge in [0.25, 0.3) is 15.9 Å². The summed E-state index contributed by atoms with van der Waals surface area (Å²) in [5.41, 5.74) is 3.24. The topological polar surface area (TPSA) is 101 Å². The Bertz CT molecular complexity index is 1060. The molecule has 0 fully saturated rings. The summed E-state index contributed by atoms with van der Waals surface area (Å²) < 4.78 is 27.0. The van der Waals surface area contributed by atoms with Crippen molar-refractivity contribution in [2.45, 2.75) is 24.7 Å². The molecule has 2 aromatic carbocycles. The molecule has 3 aromatic rings. The van der Waals surface area contributed by atoms with Crippen LogP contribution in [0.1, 0.15) is 27.0 Å². The van der Waals surface area contributed by atoms with Crippen LogP contribution in [0.25, 0.3) is 0 Å². The van der Waals surface area contributed by atoms with E-state index in [-0.39, 0.29) is 21.9 Å². The van der Waals surface area contributed by atoms with Crippen LogP contribution in [0.2, 0.25) is 0 Å². The first-order valence-corrected chi connectivity index (χ1v) is 10.4. The third kappa shape index (κ3) is 4.76. The normalized spacial score (nSPS) is 11.3. The molecule has 9 heteroatoms. The van der Waals surface area contributed by atoms with E-state index in [9.17, 15) is 13.2 Å². The maximum atomic E-state index is 12.4. The van der Waals surface area contributed by atoms with Crippen LogP contribution in [0.5, 0.6) is 0 Å². The zero-order valence-electron chi connectivity index (χ0n) is 14.8. The van der Waals surface area contributed by atoms with E-state index in [4.69, 9.17) is 0 Å². The summed E-state index contributed by atoms with van der Waals surface area (Å²) in [4.78, 5) is 12.3. The largest absolute Gasteiger partial charge is 0.296 e. The van der Waals surface area contributed by atoms with Crippen LogP contribution in [0.15, 0.2) is 52.9 Å². The van der Waals surface area contributed by atoms with Crippen molar-refractivity contribution in [2.75, 3.05) is 5.32 Å². The summed E-state index contributed by atoms with van der Waals surface area (Å²) in [5.74, 6) is -0.360. The van der Waals surface area contributed by atoms with Crippen molar-refractivity contribution in [1.82, 2.24) is 14.9 Å². The minimum Gasteiger partial charge on any atom is -0.296 e. The number of carbonyl (C=O) groups excluding carboxylic acids is 1. The van der Waals surface area contributed by atoms with Crippen molar-refractivity contribution in [1.29, 1.82) is 0 Å². The number of carbonyl (C=O) groups is 1. The van der Waals surface area contributed by atoms with Gasteiger partial charge in [0.05, 0.1) is 0 Å². The lowest BCUT2D eigenvalue weighted by molar-refractivity contribution is 0.102. The van der Waals surface area contributed by atoms with E-state index in [1.807, 2.05) is 50.2 Å². The van der Waals surface area contributed by atoms with Gasteiger partial charge in [0, 0.05) is 12.1 Å². The van der Waals surface area contributed by atoms with E-state index in [1.165, 1.54) is 0 Å². The number of benzene rings is 2. The van der Waals surface area contributed by atoms with Crippen LogP contribution in [0, 0.1) is 13.8 Å². The lowest BCUT2D eigenvalue weighted by Gasteiger charge is -2.04. The van der Waals surface area contributed by atoms with E-state index in [2.05, 4.69) is 20.2 Å². The fraction of sp³-hybridized carbons (Fsp3) is 0.167. The van der Waals surface area contributed by atoms with Crippen molar-refractivity contribution in [3.05, 3.63) is 70.8 Å². The summed E-state index contributed by atoms with van der Waals surface area (Å²) in [6.07, 6.45) is 0. The molecule has 2 N–H and O–H groups in total. The minimum absolute atomic E-state index is 0.124. The van der Waals surface area contributed by atoms with Crippen molar-refractivity contribution in [3.63, 3.8) is 0 Å². The Morgan fingerprint density at radius 1 is 1.04 bits per heavy atom. The second kappa shape index (κ2) is 7.95. The van der Waals surface area contributed by atoms with Crippen molar-refractivity contribution in [3.8, 4) is 0 Å². The lowest BCUT2D eigenvalue weighted by atomic mass is 10.1. The monoisotopic (exact) mass is 402 g/mol. The van der Waals surface area contributed by atoms with Gasteiger partial charge in [0.2, 0.25) is 9.47 Å². The predicted octanol–water partition coefficient (Wildman–Crippen LogP) is 2.89. The zero-order valence-corrected chi connectivity index (χ0v) is 16.4. The molecule has 0 saturated heterocycles. The SMILES string of the molecule is Cc1ccc(CNS(=O)(=O)c2nnc(NC(=O)c3ccccc3C)s2)cc1. The molecule has 1 amide bonds. The number of hydrogen-bond donors (Lipinski definition) is 2. The average Bonchev–Trinajstić information content (AvgIpc) is 3.11. The molecule has 1 heterocycles. The van der Waals surface area contributed by atoms with Gasteiger partial charge in [0.1, 0.15) is 0 Å². The number of aromatic nitrogens is 2. The van der Waals surface area contributed by atoms with Gasteiger partial charge in [-0.2, -0.15) is 0 Å². The standard InChI is InChI=1S/C18H18N4O3S2/c1-12-7-9-14(10-8-12)11-19-27(24,25)18-22-21-17(26-18)20-16(23)15-6-4-3-5-13(15)2/h3-10,19H,11H2,1-2H3,(H,20,21,23). The first kappa shape index (κ1) is 19.2. The molecule has 140 valence electrons. The molecule has 0 radical (unpaired) electrons. The highest BCUT2D eigenvalue weighted by molar-refractivity contribution is 7.91. The highest BCUT2D eigenvalue weighted by atomic mass is 32.2. The maximum Gasteiger partial charge on any atom is 0.270 e. The Balaban J connectivity index is 1.68. The fourth-order valence-electron chi connectivity index (χ4n) is 2.31. The number of sulfonamides is 1. The highest BCUT2D eigenvalue weighted by Gasteiger charge is 2.21. The van der Waals surface area contributed by atoms with Crippen LogP contribution < -0.4 is 10.0 Å². The van der Waals surface area contributed by atoms with E-state index in [0.717, 1.165) is 28.0 Å². The van der Waals surface area contributed by atoms with Gasteiger partial charge in [-0.25, -0.2) is 13.1 Å². The fourth-order valence-corrected chi connectivity index (χ4v) is 4.26. The average molecular weight is 403 g/mol. The molecular weight excluding hydrogens is 384 g/mol. The van der Waals surface area contributed by atoms with Crippen molar-refractivity contribution < 1.29 is 13.2 Å². The molecule has 0 spiro atoms. The summed E-state index contributed by atoms with van der Waals surface area (Å²) in [6.45, 7) is 3.93. The molecule has 0 aliphatic rings. The minimum atomic E-state index is -3.81. The summed E-state index contributed by atoms with van der Waals surface area (Å²) in [6, 6.07) is 14.6. The Labute approximate surface area is 161 Å². The molecule has 0 unspecified atom stereocenters. The number of nitrogens with zero attached hydrogens (tertiary/aromatic N) is 2. The highest BCUT2D eigenvalue weighted by Crippen LogP contribution is 2.21. The molecule has 0 saturated carbocycles. The molecule has 0 aliphatic heterocycles. The third-order valence-corrected chi connectivity index (χ3v) is 6.44. The second-order valence-corrected chi connectivity index (χ2v) is 8.87. The van der Waals surface area contributed by atoms with E-state index in [1.54, 1.807) is 12.1 Å². The van der Waals surface area contributed by atoms with Crippen LogP contribution >= 0.6 is 11.3 Å². The van der Waals surface area contributed by atoms with Gasteiger partial charge in [-0.3, -0.25) is 10.1 Å². The Kier molecular flexibility index (Phi) is 5.64. The smallest absolute Gasteiger partial charge is 0.270 e. The number of rotatable bonds is 6. The van der Waals surface area contributed by atoms with Crippen LogP contribution in [0.4, 0.5) is 5.13 Å². The molecular formula is C18H18N4O3S2. The van der Waals surface area contributed by atoms with Gasteiger partial charge in [-0.15, -0.1) is 10.2 Å². The number of hydrogen-bond acceptors (Lipinski definition) is 6. The van der Waals surface area contributed by atoms with E-state index >= 15 is 0 Å². The number of amides is 1. The summed E-state index contributed by atoms with van der Waals surface area (Å²) in [7, 11) is -3.81. The predicted molar refractivity (Wildman–Crippen MR) is 104 cm³/mol. The molecule has 0 bridgehead atoms. The Morgan fingerprint density at radius 2 is 1.74 bits per heavy atom. The molecule has 27 heavy (non-hydrogen) atoms. The van der Waals surface area contributed by atoms with Gasteiger partial charge in [-0.05, 0) is 31.0 Å².